The Morgan fingerprint density at radius 2 is 1.94 bits per heavy atom. The van der Waals surface area contributed by atoms with E-state index in [4.69, 9.17) is 0 Å². The maximum Gasteiger partial charge on any atom is 0.268 e. The molecule has 0 saturated heterocycles. The Bertz CT molecular complexity index is 1290. The molecule has 2 aromatic heterocycles. The van der Waals surface area contributed by atoms with Gasteiger partial charge in [-0.2, -0.15) is 5.10 Å². The molecule has 0 fully saturated rings. The summed E-state index contributed by atoms with van der Waals surface area (Å²) in [5, 5.41) is 11.2. The summed E-state index contributed by atoms with van der Waals surface area (Å²) in [4.78, 5) is 25.3. The zero-order chi connectivity index (χ0) is 21.5. The van der Waals surface area contributed by atoms with Crippen LogP contribution in [0.3, 0.4) is 0 Å². The van der Waals surface area contributed by atoms with Gasteiger partial charge in [0.2, 0.25) is 0 Å². The van der Waals surface area contributed by atoms with Crippen LogP contribution in [0.4, 0.5) is 5.69 Å². The molecule has 31 heavy (non-hydrogen) atoms. The SMILES string of the molecule is C[C@H]1NC(=O)c2cc3ccc(C(=O)Nc4cnn(Cc5ccccc5)c4)cc3n2[C@H]1C. The molecule has 0 unspecified atom stereocenters. The number of nitrogens with one attached hydrogen (secondary N) is 2. The van der Waals surface area contributed by atoms with Gasteiger partial charge in [-0.15, -0.1) is 0 Å². The molecular formula is C24H23N5O2. The summed E-state index contributed by atoms with van der Waals surface area (Å²) >= 11 is 0. The summed E-state index contributed by atoms with van der Waals surface area (Å²) in [6.07, 6.45) is 3.46. The molecule has 4 aromatic rings. The molecule has 3 heterocycles. The Kier molecular flexibility index (Phi) is 4.58. The second-order valence-corrected chi connectivity index (χ2v) is 8.04. The molecular weight excluding hydrogens is 390 g/mol. The van der Waals surface area contributed by atoms with Crippen molar-refractivity contribution >= 4 is 28.4 Å². The minimum absolute atomic E-state index is 0.0172. The molecule has 0 aliphatic carbocycles. The first-order valence-electron chi connectivity index (χ1n) is 10.3. The first-order chi connectivity index (χ1) is 15.0. The summed E-state index contributed by atoms with van der Waals surface area (Å²) in [7, 11) is 0. The van der Waals surface area contributed by atoms with Crippen LogP contribution < -0.4 is 10.6 Å². The lowest BCUT2D eigenvalue weighted by molar-refractivity contribution is 0.0891. The average Bonchev–Trinajstić information content (AvgIpc) is 3.37. The molecule has 1 aliphatic heterocycles. The largest absolute Gasteiger partial charge is 0.346 e. The van der Waals surface area contributed by atoms with Crippen molar-refractivity contribution in [1.82, 2.24) is 19.7 Å². The number of anilines is 1. The van der Waals surface area contributed by atoms with E-state index in [0.29, 0.717) is 23.5 Å². The number of aromatic nitrogens is 3. The van der Waals surface area contributed by atoms with Crippen molar-refractivity contribution in [2.75, 3.05) is 5.32 Å². The van der Waals surface area contributed by atoms with E-state index < -0.39 is 0 Å². The Morgan fingerprint density at radius 1 is 1.13 bits per heavy atom. The van der Waals surface area contributed by atoms with E-state index in [-0.39, 0.29) is 23.9 Å². The number of nitrogens with zero attached hydrogens (tertiary/aromatic N) is 3. The number of carbonyl (C=O) groups excluding carboxylic acids is 2. The zero-order valence-corrected chi connectivity index (χ0v) is 17.4. The first kappa shape index (κ1) is 19.1. The molecule has 0 spiro atoms. The molecule has 156 valence electrons. The van der Waals surface area contributed by atoms with Crippen LogP contribution in [0.1, 0.15) is 46.3 Å². The third-order valence-corrected chi connectivity index (χ3v) is 5.90. The number of rotatable bonds is 4. The van der Waals surface area contributed by atoms with Gasteiger partial charge < -0.3 is 15.2 Å². The fourth-order valence-corrected chi connectivity index (χ4v) is 4.09. The zero-order valence-electron chi connectivity index (χ0n) is 17.4. The Labute approximate surface area is 179 Å². The standard InChI is InChI=1S/C24H23N5O2/c1-15-16(2)29-21-11-19(9-8-18(21)10-22(29)24(31)26-15)23(30)27-20-12-25-28(14-20)13-17-6-4-3-5-7-17/h3-12,14-16H,13H2,1-2H3,(H,26,31)(H,27,30)/t15-,16+/m1/s1. The topological polar surface area (TPSA) is 81.0 Å². The van der Waals surface area contributed by atoms with E-state index in [0.717, 1.165) is 16.5 Å². The van der Waals surface area contributed by atoms with Crippen LogP contribution in [-0.4, -0.2) is 32.2 Å². The third kappa shape index (κ3) is 3.48. The number of carbonyl (C=O) groups is 2. The van der Waals surface area contributed by atoms with Crippen molar-refractivity contribution < 1.29 is 9.59 Å². The predicted octanol–water partition coefficient (Wildman–Crippen LogP) is 3.83. The number of hydrogen-bond acceptors (Lipinski definition) is 3. The van der Waals surface area contributed by atoms with E-state index in [1.807, 2.05) is 66.2 Å². The summed E-state index contributed by atoms with van der Waals surface area (Å²) in [5.74, 6) is -0.295. The minimum Gasteiger partial charge on any atom is -0.346 e. The van der Waals surface area contributed by atoms with Crippen LogP contribution in [0, 0.1) is 0 Å². The van der Waals surface area contributed by atoms with E-state index >= 15 is 0 Å². The fraction of sp³-hybridized carbons (Fsp3) is 0.208. The van der Waals surface area contributed by atoms with Gasteiger partial charge in [0.05, 0.1) is 24.5 Å². The Morgan fingerprint density at radius 3 is 2.74 bits per heavy atom. The van der Waals surface area contributed by atoms with Crippen LogP contribution in [0.2, 0.25) is 0 Å². The van der Waals surface area contributed by atoms with Gasteiger partial charge in [0, 0.05) is 28.7 Å². The summed E-state index contributed by atoms with van der Waals surface area (Å²) in [6.45, 7) is 4.69. The van der Waals surface area contributed by atoms with E-state index in [1.54, 1.807) is 16.9 Å². The molecule has 2 amide bonds. The van der Waals surface area contributed by atoms with Gasteiger partial charge in [-0.1, -0.05) is 36.4 Å². The highest BCUT2D eigenvalue weighted by Gasteiger charge is 2.29. The van der Waals surface area contributed by atoms with Crippen molar-refractivity contribution in [2.24, 2.45) is 0 Å². The van der Waals surface area contributed by atoms with Crippen LogP contribution >= 0.6 is 0 Å². The number of benzene rings is 2. The molecule has 0 saturated carbocycles. The molecule has 2 aromatic carbocycles. The van der Waals surface area contributed by atoms with Crippen LogP contribution in [0.25, 0.3) is 10.9 Å². The molecule has 2 atom stereocenters. The second-order valence-electron chi connectivity index (χ2n) is 8.04. The molecule has 5 rings (SSSR count). The maximum absolute atomic E-state index is 12.9. The van der Waals surface area contributed by atoms with E-state index in [9.17, 15) is 9.59 Å². The third-order valence-electron chi connectivity index (χ3n) is 5.90. The second kappa shape index (κ2) is 7.43. The average molecular weight is 413 g/mol. The monoisotopic (exact) mass is 413 g/mol. The molecule has 0 bridgehead atoms. The van der Waals surface area contributed by atoms with Gasteiger partial charge in [0.1, 0.15) is 5.69 Å². The van der Waals surface area contributed by atoms with Crippen molar-refractivity contribution in [3.8, 4) is 0 Å². The maximum atomic E-state index is 12.9. The first-order valence-corrected chi connectivity index (χ1v) is 10.3. The number of amides is 2. The van der Waals surface area contributed by atoms with Gasteiger partial charge in [-0.05, 0) is 37.6 Å². The summed E-state index contributed by atoms with van der Waals surface area (Å²) in [5.41, 5.74) is 3.82. The molecule has 7 nitrogen and oxygen atoms in total. The smallest absolute Gasteiger partial charge is 0.268 e. The predicted molar refractivity (Wildman–Crippen MR) is 119 cm³/mol. The Balaban J connectivity index is 1.39. The van der Waals surface area contributed by atoms with Gasteiger partial charge in [-0.3, -0.25) is 14.3 Å². The summed E-state index contributed by atoms with van der Waals surface area (Å²) in [6, 6.07) is 17.5. The van der Waals surface area contributed by atoms with Crippen molar-refractivity contribution in [3.05, 3.63) is 83.8 Å². The highest BCUT2D eigenvalue weighted by atomic mass is 16.2. The van der Waals surface area contributed by atoms with Crippen molar-refractivity contribution in [3.63, 3.8) is 0 Å². The normalized spacial score (nSPS) is 17.9. The Hall–Kier alpha value is -3.87. The highest BCUT2D eigenvalue weighted by Crippen LogP contribution is 2.30. The quantitative estimate of drug-likeness (QED) is 0.534. The molecule has 1 aliphatic rings. The lowest BCUT2D eigenvalue weighted by Crippen LogP contribution is -2.44. The van der Waals surface area contributed by atoms with Crippen LogP contribution in [-0.2, 0) is 6.54 Å². The van der Waals surface area contributed by atoms with Crippen LogP contribution in [0.15, 0.2) is 67.0 Å². The highest BCUT2D eigenvalue weighted by molar-refractivity contribution is 6.07. The lowest BCUT2D eigenvalue weighted by Gasteiger charge is -2.30. The van der Waals surface area contributed by atoms with E-state index in [2.05, 4.69) is 22.7 Å². The molecule has 2 N–H and O–H groups in total. The molecule has 0 radical (unpaired) electrons. The number of hydrogen-bond donors (Lipinski definition) is 2. The van der Waals surface area contributed by atoms with Gasteiger partial charge in [0.15, 0.2) is 0 Å². The van der Waals surface area contributed by atoms with Gasteiger partial charge in [-0.25, -0.2) is 0 Å². The van der Waals surface area contributed by atoms with Crippen LogP contribution in [0.5, 0.6) is 0 Å². The molecule has 7 heteroatoms. The van der Waals surface area contributed by atoms with Crippen molar-refractivity contribution in [2.45, 2.75) is 32.5 Å². The van der Waals surface area contributed by atoms with Gasteiger partial charge >= 0.3 is 0 Å². The van der Waals surface area contributed by atoms with Gasteiger partial charge in [0.25, 0.3) is 11.8 Å². The fourth-order valence-electron chi connectivity index (χ4n) is 4.09. The van der Waals surface area contributed by atoms with E-state index in [1.165, 1.54) is 0 Å². The summed E-state index contributed by atoms with van der Waals surface area (Å²) < 4.78 is 3.81. The lowest BCUT2D eigenvalue weighted by atomic mass is 10.1. The van der Waals surface area contributed by atoms with Crippen molar-refractivity contribution in [1.29, 1.82) is 0 Å². The minimum atomic E-state index is -0.210. The number of fused-ring (bicyclic) bond motifs is 3.